The zero-order valence-corrected chi connectivity index (χ0v) is 18.2. The van der Waals surface area contributed by atoms with Crippen molar-refractivity contribution in [3.63, 3.8) is 0 Å². The van der Waals surface area contributed by atoms with Gasteiger partial charge in [0.25, 0.3) is 0 Å². The molecule has 1 aliphatic rings. The number of carbonyl (C=O) groups excluding carboxylic acids is 1. The van der Waals surface area contributed by atoms with E-state index in [4.69, 9.17) is 25.6 Å². The fraction of sp³-hybridized carbons (Fsp3) is 0.250. The molecular formula is C24H23ClN2O4. The van der Waals surface area contributed by atoms with Gasteiger partial charge in [-0.25, -0.2) is 0 Å². The molecule has 0 spiro atoms. The monoisotopic (exact) mass is 438 g/mol. The Morgan fingerprint density at radius 3 is 2.77 bits per heavy atom. The topological polar surface area (TPSA) is 64.8 Å². The van der Waals surface area contributed by atoms with Crippen LogP contribution in [0.25, 0.3) is 17.4 Å². The maximum absolute atomic E-state index is 12.8. The van der Waals surface area contributed by atoms with Crippen molar-refractivity contribution < 1.29 is 18.8 Å². The molecule has 31 heavy (non-hydrogen) atoms. The molecule has 0 saturated heterocycles. The predicted molar refractivity (Wildman–Crippen MR) is 119 cm³/mol. The number of fused-ring (bicyclic) bond motifs is 1. The highest BCUT2D eigenvalue weighted by atomic mass is 35.5. The maximum Gasteiger partial charge on any atom is 0.246 e. The van der Waals surface area contributed by atoms with Gasteiger partial charge in [0.1, 0.15) is 0 Å². The molecule has 7 heteroatoms. The molecule has 1 aromatic heterocycles. The minimum absolute atomic E-state index is 0.0678. The molecule has 0 unspecified atom stereocenters. The van der Waals surface area contributed by atoms with E-state index in [0.29, 0.717) is 48.4 Å². The van der Waals surface area contributed by atoms with Crippen molar-refractivity contribution in [2.24, 2.45) is 0 Å². The summed E-state index contributed by atoms with van der Waals surface area (Å²) in [6, 6.07) is 13.0. The van der Waals surface area contributed by atoms with Crippen LogP contribution in [0.1, 0.15) is 23.7 Å². The van der Waals surface area contributed by atoms with E-state index in [1.54, 1.807) is 24.2 Å². The number of carbonyl (C=O) groups is 1. The van der Waals surface area contributed by atoms with Crippen molar-refractivity contribution in [2.45, 2.75) is 19.9 Å². The minimum atomic E-state index is -0.0678. The summed E-state index contributed by atoms with van der Waals surface area (Å²) in [5.74, 6) is 1.93. The zero-order valence-electron chi connectivity index (χ0n) is 17.4. The average Bonchev–Trinajstić information content (AvgIpc) is 3.22. The summed E-state index contributed by atoms with van der Waals surface area (Å²) < 4.78 is 16.5. The van der Waals surface area contributed by atoms with E-state index in [-0.39, 0.29) is 5.91 Å². The molecule has 4 rings (SSSR count). The molecule has 2 aromatic carbocycles. The molecule has 3 aromatic rings. The molecule has 1 aliphatic heterocycles. The van der Waals surface area contributed by atoms with Crippen LogP contribution in [0.3, 0.4) is 0 Å². The van der Waals surface area contributed by atoms with Crippen molar-refractivity contribution >= 4 is 23.6 Å². The van der Waals surface area contributed by atoms with Gasteiger partial charge >= 0.3 is 0 Å². The van der Waals surface area contributed by atoms with Crippen LogP contribution in [0.5, 0.6) is 11.5 Å². The molecule has 6 nitrogen and oxygen atoms in total. The zero-order chi connectivity index (χ0) is 21.8. The van der Waals surface area contributed by atoms with Crippen LogP contribution in [-0.4, -0.2) is 36.2 Å². The van der Waals surface area contributed by atoms with Gasteiger partial charge in [-0.05, 0) is 55.0 Å². The Labute approximate surface area is 186 Å². The lowest BCUT2D eigenvalue weighted by Crippen LogP contribution is -2.34. The Bertz CT molecular complexity index is 1110. The molecule has 1 amide bonds. The van der Waals surface area contributed by atoms with Crippen LogP contribution in [0, 0.1) is 0 Å². The number of hydrogen-bond acceptors (Lipinski definition) is 5. The summed E-state index contributed by atoms with van der Waals surface area (Å²) in [6.45, 7) is 3.52. The normalized spacial score (nSPS) is 13.3. The fourth-order valence-electron chi connectivity index (χ4n) is 3.56. The van der Waals surface area contributed by atoms with Gasteiger partial charge in [0.15, 0.2) is 17.3 Å². The van der Waals surface area contributed by atoms with E-state index in [2.05, 4.69) is 5.16 Å². The van der Waals surface area contributed by atoms with E-state index in [0.717, 1.165) is 22.4 Å². The first-order valence-corrected chi connectivity index (χ1v) is 10.5. The highest BCUT2D eigenvalue weighted by molar-refractivity contribution is 6.30. The van der Waals surface area contributed by atoms with Crippen LogP contribution in [-0.2, 0) is 17.8 Å². The van der Waals surface area contributed by atoms with Gasteiger partial charge in [-0.1, -0.05) is 22.8 Å². The summed E-state index contributed by atoms with van der Waals surface area (Å²) >= 11 is 5.99. The van der Waals surface area contributed by atoms with E-state index in [9.17, 15) is 4.79 Å². The van der Waals surface area contributed by atoms with E-state index < -0.39 is 0 Å². The van der Waals surface area contributed by atoms with Gasteiger partial charge in [-0.3, -0.25) is 4.79 Å². The number of halogens is 1. The smallest absolute Gasteiger partial charge is 0.246 e. The summed E-state index contributed by atoms with van der Waals surface area (Å²) in [7, 11) is 1.60. The molecule has 160 valence electrons. The lowest BCUT2D eigenvalue weighted by atomic mass is 10.0. The third kappa shape index (κ3) is 4.59. The largest absolute Gasteiger partial charge is 0.493 e. The van der Waals surface area contributed by atoms with Crippen LogP contribution >= 0.6 is 11.6 Å². The molecule has 0 radical (unpaired) electrons. The van der Waals surface area contributed by atoms with E-state index in [1.165, 1.54) is 0 Å². The Balaban J connectivity index is 1.49. The predicted octanol–water partition coefficient (Wildman–Crippen LogP) is 5.00. The molecule has 0 N–H and O–H groups in total. The molecule has 2 heterocycles. The number of aromatic nitrogens is 1. The van der Waals surface area contributed by atoms with E-state index in [1.807, 2.05) is 49.4 Å². The van der Waals surface area contributed by atoms with Crippen molar-refractivity contribution in [1.29, 1.82) is 0 Å². The summed E-state index contributed by atoms with van der Waals surface area (Å²) in [5, 5.41) is 4.85. The second kappa shape index (κ2) is 9.27. The van der Waals surface area contributed by atoms with Gasteiger partial charge in [0.05, 0.1) is 26.0 Å². The quantitative estimate of drug-likeness (QED) is 0.507. The number of rotatable bonds is 6. The van der Waals surface area contributed by atoms with Crippen LogP contribution in [0.2, 0.25) is 5.02 Å². The van der Waals surface area contributed by atoms with Gasteiger partial charge < -0.3 is 18.9 Å². The second-order valence-electron chi connectivity index (χ2n) is 7.13. The number of methoxy groups -OCH3 is 1. The van der Waals surface area contributed by atoms with Crippen molar-refractivity contribution in [3.8, 4) is 22.8 Å². The molecular weight excluding hydrogens is 416 g/mol. The number of hydrogen-bond donors (Lipinski definition) is 0. The highest BCUT2D eigenvalue weighted by Gasteiger charge is 2.26. The van der Waals surface area contributed by atoms with Gasteiger partial charge in [-0.2, -0.15) is 0 Å². The second-order valence-corrected chi connectivity index (χ2v) is 7.57. The Morgan fingerprint density at radius 1 is 1.23 bits per heavy atom. The summed E-state index contributed by atoms with van der Waals surface area (Å²) in [4.78, 5) is 14.6. The molecule has 0 saturated carbocycles. The number of nitrogens with zero attached hydrogens (tertiary/aromatic N) is 2. The summed E-state index contributed by atoms with van der Waals surface area (Å²) in [5.41, 5.74) is 3.59. The Kier molecular flexibility index (Phi) is 6.28. The number of amides is 1. The summed E-state index contributed by atoms with van der Waals surface area (Å²) in [6.07, 6.45) is 4.02. The van der Waals surface area contributed by atoms with Gasteiger partial charge in [0, 0.05) is 35.2 Å². The van der Waals surface area contributed by atoms with Gasteiger partial charge in [-0.15, -0.1) is 0 Å². The van der Waals surface area contributed by atoms with Crippen LogP contribution < -0.4 is 9.47 Å². The maximum atomic E-state index is 12.8. The number of benzene rings is 2. The molecule has 0 fully saturated rings. The van der Waals surface area contributed by atoms with Crippen LogP contribution in [0.4, 0.5) is 0 Å². The minimum Gasteiger partial charge on any atom is -0.493 e. The number of ether oxygens (including phenoxy) is 2. The van der Waals surface area contributed by atoms with Gasteiger partial charge in [0.2, 0.25) is 5.91 Å². The molecule has 0 aliphatic carbocycles. The third-order valence-corrected chi connectivity index (χ3v) is 5.41. The SMILES string of the molecule is CCOc1ccc(/C=C/C(=O)N2CCc3noc(-c4ccc(Cl)cc4)c3C2)cc1OC. The molecule has 0 atom stereocenters. The lowest BCUT2D eigenvalue weighted by Gasteiger charge is -2.25. The van der Waals surface area contributed by atoms with Crippen molar-refractivity contribution in [1.82, 2.24) is 10.1 Å². The average molecular weight is 439 g/mol. The third-order valence-electron chi connectivity index (χ3n) is 5.16. The first-order valence-electron chi connectivity index (χ1n) is 10.1. The van der Waals surface area contributed by atoms with Crippen LogP contribution in [0.15, 0.2) is 53.1 Å². The van der Waals surface area contributed by atoms with Crippen molar-refractivity contribution in [2.75, 3.05) is 20.3 Å². The lowest BCUT2D eigenvalue weighted by molar-refractivity contribution is -0.126. The highest BCUT2D eigenvalue weighted by Crippen LogP contribution is 2.32. The standard InChI is InChI=1S/C24H23ClN2O4/c1-3-30-21-10-4-16(14-22(21)29-2)5-11-23(28)27-13-12-20-19(15-27)24(31-26-20)17-6-8-18(25)9-7-17/h4-11,14H,3,12-13,15H2,1-2H3/b11-5+. The fourth-order valence-corrected chi connectivity index (χ4v) is 3.69. The first-order chi connectivity index (χ1) is 15.1. The van der Waals surface area contributed by atoms with Crippen molar-refractivity contribution in [3.05, 3.63) is 70.4 Å². The molecule has 0 bridgehead atoms. The Morgan fingerprint density at radius 2 is 2.03 bits per heavy atom. The van der Waals surface area contributed by atoms with E-state index >= 15 is 0 Å². The Hall–Kier alpha value is -3.25. The first kappa shape index (κ1) is 21.0.